The Hall–Kier alpha value is -1.67. The first-order valence-electron chi connectivity index (χ1n) is 8.02. The largest absolute Gasteiger partial charge is 0.495 e. The molecule has 3 rings (SSSR count). The lowest BCUT2D eigenvalue weighted by Crippen LogP contribution is -2.43. The van der Waals surface area contributed by atoms with Crippen LogP contribution in [0.4, 0.5) is 11.4 Å². The molecule has 1 aliphatic rings. The van der Waals surface area contributed by atoms with E-state index in [4.69, 9.17) is 27.9 Å². The van der Waals surface area contributed by atoms with Crippen molar-refractivity contribution in [3.8, 4) is 5.75 Å². The maximum Gasteiger partial charge on any atom is 0.262 e. The molecule has 1 fully saturated rings. The van der Waals surface area contributed by atoms with Crippen LogP contribution in [-0.2, 0) is 10.0 Å². The molecule has 9 heteroatoms. The van der Waals surface area contributed by atoms with Gasteiger partial charge in [-0.25, -0.2) is 8.42 Å². The lowest BCUT2D eigenvalue weighted by molar-refractivity contribution is 0.412. The molecular formula is C17H19Cl2N3O3S. The zero-order valence-electron chi connectivity index (χ0n) is 14.1. The fourth-order valence-corrected chi connectivity index (χ4v) is 4.25. The average Bonchev–Trinajstić information content (AvgIpc) is 2.64. The number of sulfonamides is 1. The molecule has 0 atom stereocenters. The van der Waals surface area contributed by atoms with Crippen molar-refractivity contribution in [1.29, 1.82) is 0 Å². The first-order chi connectivity index (χ1) is 12.4. The molecule has 0 aliphatic carbocycles. The molecular weight excluding hydrogens is 397 g/mol. The summed E-state index contributed by atoms with van der Waals surface area (Å²) in [5.74, 6) is 0.631. The van der Waals surface area contributed by atoms with Gasteiger partial charge in [0.2, 0.25) is 0 Å². The molecule has 2 aromatic carbocycles. The van der Waals surface area contributed by atoms with Gasteiger partial charge >= 0.3 is 0 Å². The third kappa shape index (κ3) is 4.17. The molecule has 0 amide bonds. The predicted molar refractivity (Wildman–Crippen MR) is 105 cm³/mol. The van der Waals surface area contributed by atoms with Crippen LogP contribution in [0.2, 0.25) is 10.0 Å². The molecule has 0 radical (unpaired) electrons. The molecule has 0 bridgehead atoms. The number of ether oxygens (including phenoxy) is 1. The highest BCUT2D eigenvalue weighted by atomic mass is 35.5. The Labute approximate surface area is 163 Å². The zero-order valence-corrected chi connectivity index (χ0v) is 16.5. The number of benzene rings is 2. The summed E-state index contributed by atoms with van der Waals surface area (Å²) in [6, 6.07) is 9.39. The lowest BCUT2D eigenvalue weighted by atomic mass is 10.2. The predicted octanol–water partition coefficient (Wildman–Crippen LogP) is 3.21. The summed E-state index contributed by atoms with van der Waals surface area (Å²) in [4.78, 5) is 2.23. The van der Waals surface area contributed by atoms with E-state index >= 15 is 0 Å². The molecule has 2 N–H and O–H groups in total. The van der Waals surface area contributed by atoms with Gasteiger partial charge in [-0.2, -0.15) is 0 Å². The third-order valence-electron chi connectivity index (χ3n) is 4.09. The van der Waals surface area contributed by atoms with Crippen molar-refractivity contribution in [2.75, 3.05) is 42.9 Å². The van der Waals surface area contributed by atoms with Crippen LogP contribution in [-0.4, -0.2) is 41.7 Å². The molecule has 0 aromatic heterocycles. The molecule has 1 saturated heterocycles. The Morgan fingerprint density at radius 3 is 2.54 bits per heavy atom. The van der Waals surface area contributed by atoms with Gasteiger partial charge in [0, 0.05) is 31.2 Å². The van der Waals surface area contributed by atoms with Crippen LogP contribution in [0.1, 0.15) is 0 Å². The first-order valence-corrected chi connectivity index (χ1v) is 10.3. The smallest absolute Gasteiger partial charge is 0.262 e. The van der Waals surface area contributed by atoms with Crippen LogP contribution in [0.5, 0.6) is 5.75 Å². The number of nitrogens with one attached hydrogen (secondary N) is 2. The van der Waals surface area contributed by atoms with E-state index in [-0.39, 0.29) is 15.6 Å². The van der Waals surface area contributed by atoms with Gasteiger partial charge in [0.25, 0.3) is 10.0 Å². The van der Waals surface area contributed by atoms with Crippen LogP contribution in [0.25, 0.3) is 0 Å². The minimum Gasteiger partial charge on any atom is -0.495 e. The molecule has 6 nitrogen and oxygen atoms in total. The van der Waals surface area contributed by atoms with Gasteiger partial charge in [-0.1, -0.05) is 23.2 Å². The number of rotatable bonds is 5. The standard InChI is InChI=1S/C17H19Cl2N3O3S/c1-25-17-5-3-13(11-16(17)22-8-6-20-7-9-22)26(23,24)21-15-10-12(18)2-4-14(15)19/h2-5,10-11,20-21H,6-9H2,1H3. The second-order valence-electron chi connectivity index (χ2n) is 5.80. The Kier molecular flexibility index (Phi) is 5.82. The van der Waals surface area contributed by atoms with Crippen LogP contribution < -0.4 is 19.7 Å². The first kappa shape index (κ1) is 19.1. The number of anilines is 2. The van der Waals surface area contributed by atoms with Gasteiger partial charge in [-0.3, -0.25) is 4.72 Å². The van der Waals surface area contributed by atoms with Crippen molar-refractivity contribution in [3.05, 3.63) is 46.4 Å². The summed E-state index contributed by atoms with van der Waals surface area (Å²) in [5.41, 5.74) is 0.979. The second-order valence-corrected chi connectivity index (χ2v) is 8.33. The van der Waals surface area contributed by atoms with Gasteiger partial charge in [0.1, 0.15) is 5.75 Å². The van der Waals surface area contributed by atoms with Crippen molar-refractivity contribution in [1.82, 2.24) is 5.32 Å². The van der Waals surface area contributed by atoms with Crippen LogP contribution in [0.15, 0.2) is 41.3 Å². The molecule has 0 saturated carbocycles. The second kappa shape index (κ2) is 7.92. The van der Waals surface area contributed by atoms with Crippen molar-refractivity contribution in [2.45, 2.75) is 4.90 Å². The van der Waals surface area contributed by atoms with E-state index in [0.717, 1.165) is 31.9 Å². The summed E-state index contributed by atoms with van der Waals surface area (Å²) < 4.78 is 33.5. The molecule has 0 unspecified atom stereocenters. The van der Waals surface area contributed by atoms with Crippen molar-refractivity contribution in [3.63, 3.8) is 0 Å². The van der Waals surface area contributed by atoms with E-state index in [1.54, 1.807) is 31.4 Å². The van der Waals surface area contributed by atoms with E-state index in [0.29, 0.717) is 10.8 Å². The maximum absolute atomic E-state index is 12.8. The fraction of sp³-hybridized carbons (Fsp3) is 0.294. The Morgan fingerprint density at radius 2 is 1.85 bits per heavy atom. The van der Waals surface area contributed by atoms with Gasteiger partial charge < -0.3 is 15.0 Å². The van der Waals surface area contributed by atoms with Crippen LogP contribution in [0, 0.1) is 0 Å². The normalized spacial score (nSPS) is 15.0. The summed E-state index contributed by atoms with van der Waals surface area (Å²) in [7, 11) is -2.26. The number of hydrogen-bond acceptors (Lipinski definition) is 5. The number of halogens is 2. The molecule has 2 aromatic rings. The topological polar surface area (TPSA) is 70.7 Å². The number of hydrogen-bond donors (Lipinski definition) is 2. The van der Waals surface area contributed by atoms with E-state index in [2.05, 4.69) is 14.9 Å². The maximum atomic E-state index is 12.8. The molecule has 1 heterocycles. The zero-order chi connectivity index (χ0) is 18.7. The van der Waals surface area contributed by atoms with Crippen LogP contribution in [0.3, 0.4) is 0 Å². The summed E-state index contributed by atoms with van der Waals surface area (Å²) in [5, 5.41) is 3.93. The number of nitrogens with zero attached hydrogens (tertiary/aromatic N) is 1. The summed E-state index contributed by atoms with van der Waals surface area (Å²) >= 11 is 12.0. The summed E-state index contributed by atoms with van der Waals surface area (Å²) in [6.45, 7) is 3.20. The van der Waals surface area contributed by atoms with Crippen molar-refractivity contribution < 1.29 is 13.2 Å². The van der Waals surface area contributed by atoms with Crippen molar-refractivity contribution in [2.24, 2.45) is 0 Å². The molecule has 0 spiro atoms. The van der Waals surface area contributed by atoms with Gasteiger partial charge in [-0.15, -0.1) is 0 Å². The fourth-order valence-electron chi connectivity index (χ4n) is 2.77. The molecule has 26 heavy (non-hydrogen) atoms. The molecule has 1 aliphatic heterocycles. The van der Waals surface area contributed by atoms with E-state index in [1.807, 2.05) is 0 Å². The Bertz CT molecular complexity index is 900. The Morgan fingerprint density at radius 1 is 1.12 bits per heavy atom. The average molecular weight is 416 g/mol. The number of piperazine rings is 1. The third-order valence-corrected chi connectivity index (χ3v) is 6.02. The van der Waals surface area contributed by atoms with E-state index < -0.39 is 10.0 Å². The van der Waals surface area contributed by atoms with E-state index in [1.165, 1.54) is 12.1 Å². The van der Waals surface area contributed by atoms with Crippen molar-refractivity contribution >= 4 is 44.6 Å². The molecule has 140 valence electrons. The monoisotopic (exact) mass is 415 g/mol. The minimum absolute atomic E-state index is 0.128. The van der Waals surface area contributed by atoms with Gasteiger partial charge in [0.05, 0.1) is 28.4 Å². The highest BCUT2D eigenvalue weighted by Gasteiger charge is 2.21. The van der Waals surface area contributed by atoms with E-state index in [9.17, 15) is 8.42 Å². The highest BCUT2D eigenvalue weighted by molar-refractivity contribution is 7.92. The lowest BCUT2D eigenvalue weighted by Gasteiger charge is -2.30. The quantitative estimate of drug-likeness (QED) is 0.784. The van der Waals surface area contributed by atoms with Gasteiger partial charge in [-0.05, 0) is 36.4 Å². The Balaban J connectivity index is 1.95. The summed E-state index contributed by atoms with van der Waals surface area (Å²) in [6.07, 6.45) is 0. The minimum atomic E-state index is -3.83. The van der Waals surface area contributed by atoms with Gasteiger partial charge in [0.15, 0.2) is 0 Å². The van der Waals surface area contributed by atoms with Crippen LogP contribution >= 0.6 is 23.2 Å². The SMILES string of the molecule is COc1ccc(S(=O)(=O)Nc2cc(Cl)ccc2Cl)cc1N1CCNCC1. The highest BCUT2D eigenvalue weighted by Crippen LogP contribution is 2.33. The number of methoxy groups -OCH3 is 1.